The highest BCUT2D eigenvalue weighted by Gasteiger charge is 2.19. The van der Waals surface area contributed by atoms with Gasteiger partial charge in [-0.2, -0.15) is 0 Å². The van der Waals surface area contributed by atoms with Gasteiger partial charge in [-0.25, -0.2) is 14.8 Å². The molecule has 1 aromatic heterocycles. The molecule has 1 saturated heterocycles. The van der Waals surface area contributed by atoms with Crippen LogP contribution >= 0.6 is 11.6 Å². The Balaban J connectivity index is 0.949. The third kappa shape index (κ3) is 18.4. The molecular weight excluding hydrogens is 786 g/mol. The lowest BCUT2D eigenvalue weighted by Gasteiger charge is -2.36. The van der Waals surface area contributed by atoms with E-state index in [0.29, 0.717) is 102 Å². The summed E-state index contributed by atoms with van der Waals surface area (Å²) in [6, 6.07) is 13.4. The number of nitrogens with two attached hydrogens (primary N) is 1. The number of likely N-dealkylation sites (N-methyl/N-ethyl adjacent to an activating group) is 1. The summed E-state index contributed by atoms with van der Waals surface area (Å²) in [5.74, 6) is -0.152. The maximum atomic E-state index is 11.9. The van der Waals surface area contributed by atoms with Crippen molar-refractivity contribution in [1.82, 2.24) is 35.7 Å². The van der Waals surface area contributed by atoms with Crippen molar-refractivity contribution in [3.05, 3.63) is 47.5 Å². The average Bonchev–Trinajstić information content (AvgIpc) is 3.22. The molecule has 7 N–H and O–H groups in total. The van der Waals surface area contributed by atoms with E-state index in [4.69, 9.17) is 46.4 Å². The van der Waals surface area contributed by atoms with Gasteiger partial charge in [0.25, 0.3) is 0 Å². The summed E-state index contributed by atoms with van der Waals surface area (Å²) in [4.78, 5) is 49.5. The van der Waals surface area contributed by atoms with Crippen molar-refractivity contribution in [3.8, 4) is 11.3 Å². The molecular formula is C39H58ClN11O8. The fourth-order valence-corrected chi connectivity index (χ4v) is 6.10. The maximum absolute atomic E-state index is 11.9. The number of ether oxygens (including phenoxy) is 5. The van der Waals surface area contributed by atoms with Gasteiger partial charge in [0.1, 0.15) is 6.29 Å². The molecule has 4 rings (SSSR count). The van der Waals surface area contributed by atoms with Crippen LogP contribution in [0.5, 0.6) is 0 Å². The Morgan fingerprint density at radius 3 is 2.07 bits per heavy atom. The van der Waals surface area contributed by atoms with E-state index in [1.165, 1.54) is 0 Å². The number of carbonyl (C=O) groups excluding carboxylic acids is 3. The highest BCUT2D eigenvalue weighted by Crippen LogP contribution is 2.32. The number of nitrogens with zero attached hydrogens (tertiary/aromatic N) is 5. The summed E-state index contributed by atoms with van der Waals surface area (Å²) in [6.07, 6.45) is 0.748. The van der Waals surface area contributed by atoms with Crippen LogP contribution < -0.4 is 31.9 Å². The number of piperazine rings is 1. The van der Waals surface area contributed by atoms with Gasteiger partial charge in [0.05, 0.1) is 90.4 Å². The zero-order valence-electron chi connectivity index (χ0n) is 33.7. The summed E-state index contributed by atoms with van der Waals surface area (Å²) < 4.78 is 27.7. The van der Waals surface area contributed by atoms with Crippen LogP contribution in [0.2, 0.25) is 5.02 Å². The number of halogens is 1. The molecule has 0 unspecified atom stereocenters. The van der Waals surface area contributed by atoms with E-state index < -0.39 is 0 Å². The number of hydrogen-bond acceptors (Lipinski definition) is 14. The fourth-order valence-electron chi connectivity index (χ4n) is 5.93. The van der Waals surface area contributed by atoms with Gasteiger partial charge in [-0.15, -0.1) is 0 Å². The van der Waals surface area contributed by atoms with Crippen molar-refractivity contribution in [1.29, 1.82) is 5.41 Å². The van der Waals surface area contributed by atoms with Crippen LogP contribution in [-0.4, -0.2) is 183 Å². The van der Waals surface area contributed by atoms with Crippen molar-refractivity contribution in [2.24, 2.45) is 5.73 Å². The van der Waals surface area contributed by atoms with Crippen LogP contribution in [0.1, 0.15) is 0 Å². The molecule has 1 aliphatic rings. The van der Waals surface area contributed by atoms with E-state index in [2.05, 4.69) is 53.2 Å². The number of urea groups is 1. The second kappa shape index (κ2) is 27.1. The molecule has 1 aliphatic heterocycles. The van der Waals surface area contributed by atoms with Gasteiger partial charge in [0.15, 0.2) is 5.96 Å². The molecule has 3 aromatic rings. The Morgan fingerprint density at radius 1 is 0.831 bits per heavy atom. The quantitative estimate of drug-likeness (QED) is 0.0259. The number of hydrogen-bond donors (Lipinski definition) is 6. The van der Waals surface area contributed by atoms with Gasteiger partial charge in [-0.3, -0.25) is 25.3 Å². The van der Waals surface area contributed by atoms with Crippen LogP contribution in [0.15, 0.2) is 42.5 Å². The number of carbonyl (C=O) groups is 3. The average molecular weight is 844 g/mol. The molecule has 0 bridgehead atoms. The SMILES string of the molecule is CN(CC=O)CC(=O)NCCOCCOCCNC(=O)NCCOCCOCCOCCN1CCN(c2cccc(-c3nc(NC(=N)N)nc4ccc(Cl)cc34)c2)CC1. The highest BCUT2D eigenvalue weighted by atomic mass is 35.5. The summed E-state index contributed by atoms with van der Waals surface area (Å²) >= 11 is 6.33. The number of benzene rings is 2. The number of amides is 3. The summed E-state index contributed by atoms with van der Waals surface area (Å²) in [6.45, 7) is 10.1. The number of aromatic nitrogens is 2. The van der Waals surface area contributed by atoms with Gasteiger partial charge < -0.3 is 55.1 Å². The van der Waals surface area contributed by atoms with Crippen molar-refractivity contribution in [2.45, 2.75) is 0 Å². The number of rotatable bonds is 28. The minimum absolute atomic E-state index is 0.152. The number of guanidine groups is 1. The van der Waals surface area contributed by atoms with Crippen LogP contribution in [0.3, 0.4) is 0 Å². The van der Waals surface area contributed by atoms with Crippen LogP contribution in [-0.2, 0) is 33.3 Å². The molecule has 0 atom stereocenters. The molecule has 3 amide bonds. The number of fused-ring (bicyclic) bond motifs is 1. The predicted octanol–water partition coefficient (Wildman–Crippen LogP) is 1.01. The molecule has 2 aromatic carbocycles. The minimum atomic E-state index is -0.303. The topological polar surface area (TPSA) is 231 Å². The Hall–Kier alpha value is -4.73. The van der Waals surface area contributed by atoms with Gasteiger partial charge in [-0.1, -0.05) is 23.7 Å². The fraction of sp³-hybridized carbons (Fsp3) is 0.538. The zero-order chi connectivity index (χ0) is 42.1. The largest absolute Gasteiger partial charge is 0.378 e. The van der Waals surface area contributed by atoms with Gasteiger partial charge in [-0.05, 0) is 37.4 Å². The number of nitrogens with one attached hydrogen (secondary N) is 5. The number of anilines is 2. The third-order valence-corrected chi connectivity index (χ3v) is 9.10. The molecule has 2 heterocycles. The Labute approximate surface area is 350 Å². The van der Waals surface area contributed by atoms with Crippen LogP contribution in [0.25, 0.3) is 22.2 Å². The van der Waals surface area contributed by atoms with Crippen molar-refractivity contribution in [2.75, 3.05) is 149 Å². The zero-order valence-corrected chi connectivity index (χ0v) is 34.5. The van der Waals surface area contributed by atoms with E-state index in [-0.39, 0.29) is 36.9 Å². The summed E-state index contributed by atoms with van der Waals surface area (Å²) in [7, 11) is 1.69. The highest BCUT2D eigenvalue weighted by molar-refractivity contribution is 6.31. The van der Waals surface area contributed by atoms with Crippen molar-refractivity contribution in [3.63, 3.8) is 0 Å². The first-order valence-corrected chi connectivity index (χ1v) is 20.0. The molecule has 20 heteroatoms. The molecule has 0 radical (unpaired) electrons. The minimum Gasteiger partial charge on any atom is -0.378 e. The molecule has 19 nitrogen and oxygen atoms in total. The summed E-state index contributed by atoms with van der Waals surface area (Å²) in [5, 5.41) is 19.9. The molecule has 0 spiro atoms. The lowest BCUT2D eigenvalue weighted by Crippen LogP contribution is -2.47. The van der Waals surface area contributed by atoms with Crippen LogP contribution in [0.4, 0.5) is 16.4 Å². The van der Waals surface area contributed by atoms with E-state index in [1.807, 2.05) is 24.3 Å². The van der Waals surface area contributed by atoms with Crippen molar-refractivity contribution >= 4 is 58.3 Å². The second-order valence-electron chi connectivity index (χ2n) is 13.4. The molecule has 1 fully saturated rings. The first-order chi connectivity index (χ1) is 28.7. The smallest absolute Gasteiger partial charge is 0.314 e. The van der Waals surface area contributed by atoms with Crippen LogP contribution in [0, 0.1) is 5.41 Å². The second-order valence-corrected chi connectivity index (χ2v) is 13.9. The normalized spacial score (nSPS) is 13.1. The van der Waals surface area contributed by atoms with Gasteiger partial charge in [0, 0.05) is 74.0 Å². The van der Waals surface area contributed by atoms with E-state index >= 15 is 0 Å². The maximum Gasteiger partial charge on any atom is 0.314 e. The van der Waals surface area contributed by atoms with E-state index in [1.54, 1.807) is 18.0 Å². The van der Waals surface area contributed by atoms with Gasteiger partial charge in [0.2, 0.25) is 11.9 Å². The Morgan fingerprint density at radius 2 is 1.44 bits per heavy atom. The van der Waals surface area contributed by atoms with E-state index in [9.17, 15) is 14.4 Å². The molecule has 0 saturated carbocycles. The van der Waals surface area contributed by atoms with E-state index in [0.717, 1.165) is 55.6 Å². The monoisotopic (exact) mass is 843 g/mol. The lowest BCUT2D eigenvalue weighted by atomic mass is 10.1. The first-order valence-electron chi connectivity index (χ1n) is 19.7. The predicted molar refractivity (Wildman–Crippen MR) is 226 cm³/mol. The molecule has 324 valence electrons. The molecule has 59 heavy (non-hydrogen) atoms. The number of aldehydes is 1. The Bertz CT molecular complexity index is 1750. The Kier molecular flexibility index (Phi) is 21.6. The lowest BCUT2D eigenvalue weighted by molar-refractivity contribution is -0.122. The third-order valence-electron chi connectivity index (χ3n) is 8.86. The van der Waals surface area contributed by atoms with Crippen molar-refractivity contribution < 1.29 is 38.1 Å². The first kappa shape index (κ1) is 47.0. The molecule has 0 aliphatic carbocycles. The summed E-state index contributed by atoms with van der Waals surface area (Å²) in [5.41, 5.74) is 8.98. The van der Waals surface area contributed by atoms with Gasteiger partial charge >= 0.3 is 6.03 Å². The standard InChI is InChI=1S/C39H58ClN11O8/c1-49(14-16-52)29-35(53)43-7-17-55-21-22-56-18-8-44-39(54)45-9-19-57-23-25-59-26-24-58-20-15-50-10-12-51(13-11-50)32-4-2-3-30(27-32)36-33-28-31(40)5-6-34(33)46-38(47-36)48-37(41)42/h2-6,16,27-28H,7-15,17-26,29H2,1H3,(H,43,53)(H2,44,45,54)(H4,41,42,46,47,48).